The SMILES string of the molecule is Oc1ccc2c(c1)C(CBr)CN2. The van der Waals surface area contributed by atoms with Crippen LogP contribution in [0.1, 0.15) is 11.5 Å². The Morgan fingerprint density at radius 2 is 2.42 bits per heavy atom. The van der Waals surface area contributed by atoms with Crippen LogP contribution in [0.25, 0.3) is 0 Å². The Labute approximate surface area is 79.7 Å². The van der Waals surface area contributed by atoms with Gasteiger partial charge in [0.05, 0.1) is 0 Å². The zero-order valence-electron chi connectivity index (χ0n) is 6.55. The second-order valence-electron chi connectivity index (χ2n) is 3.00. The molecule has 2 nitrogen and oxygen atoms in total. The topological polar surface area (TPSA) is 32.3 Å². The molecule has 1 aliphatic heterocycles. The Bertz CT molecular complexity index is 301. The first-order valence-electron chi connectivity index (χ1n) is 3.94. The summed E-state index contributed by atoms with van der Waals surface area (Å²) >= 11 is 3.45. The minimum Gasteiger partial charge on any atom is -0.508 e. The number of alkyl halides is 1. The molecular formula is C9H10BrNO. The normalized spacial score (nSPS) is 20.2. The molecule has 2 N–H and O–H groups in total. The van der Waals surface area contributed by atoms with Crippen molar-refractivity contribution < 1.29 is 5.11 Å². The van der Waals surface area contributed by atoms with Gasteiger partial charge in [-0.25, -0.2) is 0 Å². The third-order valence-electron chi connectivity index (χ3n) is 2.20. The van der Waals surface area contributed by atoms with Gasteiger partial charge in [-0.15, -0.1) is 0 Å². The highest BCUT2D eigenvalue weighted by molar-refractivity contribution is 9.09. The maximum atomic E-state index is 9.27. The van der Waals surface area contributed by atoms with E-state index in [1.165, 1.54) is 5.56 Å². The number of phenolic OH excluding ortho intramolecular Hbond substituents is 1. The molecule has 1 aromatic rings. The maximum absolute atomic E-state index is 9.27. The van der Waals surface area contributed by atoms with Crippen LogP contribution in [0, 0.1) is 0 Å². The van der Waals surface area contributed by atoms with Crippen molar-refractivity contribution in [3.8, 4) is 5.75 Å². The van der Waals surface area contributed by atoms with E-state index >= 15 is 0 Å². The Morgan fingerprint density at radius 1 is 1.58 bits per heavy atom. The zero-order chi connectivity index (χ0) is 8.55. The van der Waals surface area contributed by atoms with Crippen molar-refractivity contribution in [3.63, 3.8) is 0 Å². The molecule has 0 bridgehead atoms. The summed E-state index contributed by atoms with van der Waals surface area (Å²) in [6, 6.07) is 5.47. The summed E-state index contributed by atoms with van der Waals surface area (Å²) in [5, 5.41) is 13.5. The highest BCUT2D eigenvalue weighted by Crippen LogP contribution is 2.34. The number of aromatic hydroxyl groups is 1. The molecule has 1 aliphatic rings. The fraction of sp³-hybridized carbons (Fsp3) is 0.333. The Kier molecular flexibility index (Phi) is 1.97. The molecule has 1 heterocycles. The van der Waals surface area contributed by atoms with Crippen LogP contribution in [0.5, 0.6) is 5.75 Å². The highest BCUT2D eigenvalue weighted by atomic mass is 79.9. The first-order chi connectivity index (χ1) is 5.81. The van der Waals surface area contributed by atoms with Gasteiger partial charge < -0.3 is 10.4 Å². The van der Waals surface area contributed by atoms with Crippen LogP contribution in [0.2, 0.25) is 0 Å². The van der Waals surface area contributed by atoms with E-state index in [1.54, 1.807) is 6.07 Å². The number of hydrogen-bond acceptors (Lipinski definition) is 2. The first-order valence-corrected chi connectivity index (χ1v) is 5.06. The Morgan fingerprint density at radius 3 is 3.17 bits per heavy atom. The Hall–Kier alpha value is -0.700. The minimum atomic E-state index is 0.350. The molecular weight excluding hydrogens is 218 g/mol. The average molecular weight is 228 g/mol. The van der Waals surface area contributed by atoms with Crippen LogP contribution in [-0.2, 0) is 0 Å². The predicted molar refractivity (Wildman–Crippen MR) is 53.1 cm³/mol. The lowest BCUT2D eigenvalue weighted by molar-refractivity contribution is 0.474. The summed E-state index contributed by atoms with van der Waals surface area (Å²) in [5.41, 5.74) is 2.36. The summed E-state index contributed by atoms with van der Waals surface area (Å²) in [6.07, 6.45) is 0. The number of anilines is 1. The lowest BCUT2D eigenvalue weighted by Gasteiger charge is -2.04. The number of rotatable bonds is 1. The van der Waals surface area contributed by atoms with E-state index in [-0.39, 0.29) is 0 Å². The van der Waals surface area contributed by atoms with Crippen molar-refractivity contribution in [3.05, 3.63) is 23.8 Å². The number of hydrogen-bond donors (Lipinski definition) is 2. The van der Waals surface area contributed by atoms with Gasteiger partial charge in [0.15, 0.2) is 0 Å². The quantitative estimate of drug-likeness (QED) is 0.571. The fourth-order valence-electron chi connectivity index (χ4n) is 1.53. The van der Waals surface area contributed by atoms with Gasteiger partial charge >= 0.3 is 0 Å². The van der Waals surface area contributed by atoms with E-state index in [2.05, 4.69) is 21.2 Å². The van der Waals surface area contributed by atoms with Gasteiger partial charge in [-0.1, -0.05) is 15.9 Å². The van der Waals surface area contributed by atoms with Gasteiger partial charge in [-0.2, -0.15) is 0 Å². The second-order valence-corrected chi connectivity index (χ2v) is 3.65. The predicted octanol–water partition coefficient (Wildman–Crippen LogP) is 2.30. The molecule has 0 amide bonds. The van der Waals surface area contributed by atoms with Crippen molar-refractivity contribution in [2.45, 2.75) is 5.92 Å². The molecule has 0 radical (unpaired) electrons. The largest absolute Gasteiger partial charge is 0.508 e. The third kappa shape index (κ3) is 1.18. The van der Waals surface area contributed by atoms with Crippen LogP contribution in [0.3, 0.4) is 0 Å². The van der Waals surface area contributed by atoms with E-state index in [1.807, 2.05) is 12.1 Å². The molecule has 2 rings (SSSR count). The van der Waals surface area contributed by atoms with Crippen molar-refractivity contribution in [1.29, 1.82) is 0 Å². The number of benzene rings is 1. The van der Waals surface area contributed by atoms with Crippen molar-refractivity contribution in [2.75, 3.05) is 17.2 Å². The fourth-order valence-corrected chi connectivity index (χ4v) is 2.11. The van der Waals surface area contributed by atoms with Crippen molar-refractivity contribution in [2.24, 2.45) is 0 Å². The van der Waals surface area contributed by atoms with Crippen molar-refractivity contribution >= 4 is 21.6 Å². The molecule has 0 aromatic heterocycles. The molecule has 0 aliphatic carbocycles. The smallest absolute Gasteiger partial charge is 0.116 e. The third-order valence-corrected chi connectivity index (χ3v) is 2.98. The number of halogens is 1. The summed E-state index contributed by atoms with van der Waals surface area (Å²) in [5.74, 6) is 0.843. The molecule has 0 fully saturated rings. The lowest BCUT2D eigenvalue weighted by atomic mass is 10.0. The molecule has 0 saturated heterocycles. The summed E-state index contributed by atoms with van der Waals surface area (Å²) in [6.45, 7) is 0.962. The lowest BCUT2D eigenvalue weighted by Crippen LogP contribution is -2.02. The maximum Gasteiger partial charge on any atom is 0.116 e. The van der Waals surface area contributed by atoms with Crippen LogP contribution < -0.4 is 5.32 Å². The molecule has 1 unspecified atom stereocenters. The van der Waals surface area contributed by atoms with Gasteiger partial charge in [-0.3, -0.25) is 0 Å². The molecule has 0 spiro atoms. The highest BCUT2D eigenvalue weighted by Gasteiger charge is 2.20. The van der Waals surface area contributed by atoms with Crippen LogP contribution in [0.15, 0.2) is 18.2 Å². The molecule has 1 atom stereocenters. The zero-order valence-corrected chi connectivity index (χ0v) is 8.13. The number of phenols is 1. The van der Waals surface area contributed by atoms with E-state index in [9.17, 15) is 5.11 Å². The van der Waals surface area contributed by atoms with Crippen LogP contribution in [0.4, 0.5) is 5.69 Å². The molecule has 0 saturated carbocycles. The molecule has 64 valence electrons. The monoisotopic (exact) mass is 227 g/mol. The molecule has 12 heavy (non-hydrogen) atoms. The van der Waals surface area contributed by atoms with Crippen molar-refractivity contribution in [1.82, 2.24) is 0 Å². The number of fused-ring (bicyclic) bond motifs is 1. The van der Waals surface area contributed by atoms with E-state index in [0.717, 1.165) is 17.6 Å². The Balaban J connectivity index is 2.42. The molecule has 1 aromatic carbocycles. The van der Waals surface area contributed by atoms with Gasteiger partial charge in [0.2, 0.25) is 0 Å². The van der Waals surface area contributed by atoms with E-state index < -0.39 is 0 Å². The van der Waals surface area contributed by atoms with E-state index in [0.29, 0.717) is 11.7 Å². The van der Waals surface area contributed by atoms with E-state index in [4.69, 9.17) is 0 Å². The van der Waals surface area contributed by atoms with Gasteiger partial charge in [0.1, 0.15) is 5.75 Å². The summed E-state index contributed by atoms with van der Waals surface area (Å²) in [4.78, 5) is 0. The summed E-state index contributed by atoms with van der Waals surface area (Å²) < 4.78 is 0. The van der Waals surface area contributed by atoms with Crippen LogP contribution >= 0.6 is 15.9 Å². The van der Waals surface area contributed by atoms with Gasteiger partial charge in [-0.05, 0) is 23.8 Å². The standard InChI is InChI=1S/C9H10BrNO/c10-4-6-5-11-9-2-1-7(12)3-8(6)9/h1-3,6,11-12H,4-5H2. The number of nitrogens with one attached hydrogen (secondary N) is 1. The minimum absolute atomic E-state index is 0.350. The molecule has 3 heteroatoms. The second kappa shape index (κ2) is 2.98. The average Bonchev–Trinajstić information content (AvgIpc) is 2.46. The first kappa shape index (κ1) is 7.92. The summed E-state index contributed by atoms with van der Waals surface area (Å²) in [7, 11) is 0. The van der Waals surface area contributed by atoms with Gasteiger partial charge in [0.25, 0.3) is 0 Å². The van der Waals surface area contributed by atoms with Gasteiger partial charge in [0, 0.05) is 23.5 Å². The van der Waals surface area contributed by atoms with Crippen LogP contribution in [-0.4, -0.2) is 17.0 Å².